The molecule has 3 rings (SSSR count). The van der Waals surface area contributed by atoms with Crippen molar-refractivity contribution >= 4 is 5.57 Å². The zero-order chi connectivity index (χ0) is 12.4. The minimum Gasteiger partial charge on any atom is -0.299 e. The quantitative estimate of drug-likeness (QED) is 0.742. The lowest BCUT2D eigenvalue weighted by Gasteiger charge is -2.21. The molecule has 0 spiro atoms. The third kappa shape index (κ3) is 2.25. The van der Waals surface area contributed by atoms with Crippen LogP contribution in [0.5, 0.6) is 0 Å². The van der Waals surface area contributed by atoms with Crippen LogP contribution in [0, 0.1) is 11.7 Å². The lowest BCUT2D eigenvalue weighted by molar-refractivity contribution is 0.347. The Balaban J connectivity index is 0.000000514. The molecule has 2 atom stereocenters. The molecule has 2 heterocycles. The minimum absolute atomic E-state index is 0.246. The molecule has 2 bridgehead atoms. The van der Waals surface area contributed by atoms with Crippen LogP contribution in [0.3, 0.4) is 0 Å². The molecular weight excluding hydrogens is 215 g/mol. The third-order valence-electron chi connectivity index (χ3n) is 3.45. The van der Waals surface area contributed by atoms with E-state index in [1.54, 1.807) is 12.3 Å². The molecular formula is C14H19FN2. The second-order valence-corrected chi connectivity index (χ2v) is 4.45. The first-order valence-electron chi connectivity index (χ1n) is 6.27. The molecule has 2 nitrogen and oxygen atoms in total. The van der Waals surface area contributed by atoms with Crippen LogP contribution < -0.4 is 0 Å². The van der Waals surface area contributed by atoms with Gasteiger partial charge in [0.25, 0.3) is 0 Å². The average molecular weight is 234 g/mol. The largest absolute Gasteiger partial charge is 0.299 e. The summed E-state index contributed by atoms with van der Waals surface area (Å²) in [6, 6.07) is 2.13. The lowest BCUT2D eigenvalue weighted by Crippen LogP contribution is -2.25. The molecule has 1 aliphatic heterocycles. The van der Waals surface area contributed by atoms with Crippen LogP contribution in [0.2, 0.25) is 0 Å². The van der Waals surface area contributed by atoms with Crippen LogP contribution in [0.25, 0.3) is 5.57 Å². The van der Waals surface area contributed by atoms with Crippen LogP contribution in [0.15, 0.2) is 24.5 Å². The maximum absolute atomic E-state index is 13.0. The summed E-state index contributed by atoms with van der Waals surface area (Å²) < 4.78 is 13.0. The van der Waals surface area contributed by atoms with Crippen LogP contribution in [0.4, 0.5) is 4.39 Å². The third-order valence-corrected chi connectivity index (χ3v) is 3.45. The normalized spacial score (nSPS) is 26.5. The van der Waals surface area contributed by atoms with Gasteiger partial charge in [-0.15, -0.1) is 0 Å². The number of halogens is 1. The van der Waals surface area contributed by atoms with Crippen molar-refractivity contribution < 1.29 is 4.39 Å². The SMILES string of the molecule is CC.CN1CC2CC1C=C2c1cncc(F)c1. The molecule has 0 aromatic carbocycles. The Morgan fingerprint density at radius 3 is 2.65 bits per heavy atom. The van der Waals surface area contributed by atoms with E-state index in [1.807, 2.05) is 13.8 Å². The smallest absolute Gasteiger partial charge is 0.142 e. The number of aromatic nitrogens is 1. The summed E-state index contributed by atoms with van der Waals surface area (Å²) in [7, 11) is 2.14. The van der Waals surface area contributed by atoms with Crippen LogP contribution in [-0.2, 0) is 0 Å². The van der Waals surface area contributed by atoms with Crippen molar-refractivity contribution in [3.8, 4) is 0 Å². The van der Waals surface area contributed by atoms with Crippen molar-refractivity contribution in [1.29, 1.82) is 0 Å². The molecule has 1 aromatic rings. The van der Waals surface area contributed by atoms with Gasteiger partial charge < -0.3 is 0 Å². The van der Waals surface area contributed by atoms with Crippen molar-refractivity contribution in [2.75, 3.05) is 13.6 Å². The fraction of sp³-hybridized carbons (Fsp3) is 0.500. The van der Waals surface area contributed by atoms with E-state index in [0.29, 0.717) is 12.0 Å². The van der Waals surface area contributed by atoms with Gasteiger partial charge in [0.15, 0.2) is 0 Å². The zero-order valence-corrected chi connectivity index (χ0v) is 10.7. The number of hydrogen-bond acceptors (Lipinski definition) is 2. The summed E-state index contributed by atoms with van der Waals surface area (Å²) in [6.07, 6.45) is 6.45. The molecule has 3 heteroatoms. The predicted molar refractivity (Wildman–Crippen MR) is 68.0 cm³/mol. The molecule has 2 unspecified atom stereocenters. The molecule has 1 aliphatic carbocycles. The molecule has 0 saturated carbocycles. The number of hydrogen-bond donors (Lipinski definition) is 0. The molecule has 1 aromatic heterocycles. The number of rotatable bonds is 1. The highest BCUT2D eigenvalue weighted by Crippen LogP contribution is 2.41. The molecule has 17 heavy (non-hydrogen) atoms. The lowest BCUT2D eigenvalue weighted by atomic mass is 9.97. The summed E-state index contributed by atoms with van der Waals surface area (Å²) in [5.41, 5.74) is 2.24. The van der Waals surface area contributed by atoms with Crippen molar-refractivity contribution in [2.45, 2.75) is 26.3 Å². The number of fused-ring (bicyclic) bond motifs is 2. The number of likely N-dealkylation sites (N-methyl/N-ethyl adjacent to an activating group) is 1. The Labute approximate surface area is 102 Å². The number of likely N-dealkylation sites (tertiary alicyclic amines) is 1. The first-order valence-corrected chi connectivity index (χ1v) is 6.27. The summed E-state index contributed by atoms with van der Waals surface area (Å²) in [6.45, 7) is 5.09. The maximum atomic E-state index is 13.0. The number of nitrogens with zero attached hydrogens (tertiary/aromatic N) is 2. The molecule has 2 aliphatic rings. The van der Waals surface area contributed by atoms with Crippen molar-refractivity contribution in [2.24, 2.45) is 5.92 Å². The predicted octanol–water partition coefficient (Wildman–Crippen LogP) is 2.96. The van der Waals surface area contributed by atoms with E-state index in [0.717, 1.165) is 12.1 Å². The van der Waals surface area contributed by atoms with E-state index in [-0.39, 0.29) is 5.82 Å². The van der Waals surface area contributed by atoms with Gasteiger partial charge in [-0.05, 0) is 36.6 Å². The van der Waals surface area contributed by atoms with Crippen LogP contribution >= 0.6 is 0 Å². The van der Waals surface area contributed by atoms with Crippen LogP contribution in [-0.4, -0.2) is 29.5 Å². The molecule has 1 saturated heterocycles. The van der Waals surface area contributed by atoms with Crippen molar-refractivity contribution in [3.63, 3.8) is 0 Å². The highest BCUT2D eigenvalue weighted by Gasteiger charge is 2.37. The summed E-state index contributed by atoms with van der Waals surface area (Å²) >= 11 is 0. The van der Waals surface area contributed by atoms with Gasteiger partial charge >= 0.3 is 0 Å². The number of pyridine rings is 1. The first-order chi connectivity index (χ1) is 8.24. The Kier molecular flexibility index (Phi) is 3.57. The Hall–Kier alpha value is -1.22. The van der Waals surface area contributed by atoms with Gasteiger partial charge in [0, 0.05) is 18.8 Å². The van der Waals surface area contributed by atoms with E-state index in [1.165, 1.54) is 18.2 Å². The van der Waals surface area contributed by atoms with E-state index < -0.39 is 0 Å². The summed E-state index contributed by atoms with van der Waals surface area (Å²) in [5, 5.41) is 0. The van der Waals surface area contributed by atoms with Gasteiger partial charge in [0.2, 0.25) is 0 Å². The minimum atomic E-state index is -0.246. The fourth-order valence-electron chi connectivity index (χ4n) is 2.69. The second-order valence-electron chi connectivity index (χ2n) is 4.45. The molecule has 0 amide bonds. The van der Waals surface area contributed by atoms with E-state index in [9.17, 15) is 4.39 Å². The Bertz CT molecular complexity index is 428. The van der Waals surface area contributed by atoms with Gasteiger partial charge in [-0.1, -0.05) is 19.9 Å². The van der Waals surface area contributed by atoms with Gasteiger partial charge in [-0.2, -0.15) is 0 Å². The molecule has 1 fully saturated rings. The van der Waals surface area contributed by atoms with Gasteiger partial charge in [0.1, 0.15) is 5.82 Å². The fourth-order valence-corrected chi connectivity index (χ4v) is 2.69. The van der Waals surface area contributed by atoms with Crippen molar-refractivity contribution in [1.82, 2.24) is 9.88 Å². The van der Waals surface area contributed by atoms with Gasteiger partial charge in [-0.25, -0.2) is 4.39 Å². The molecule has 0 N–H and O–H groups in total. The highest BCUT2D eigenvalue weighted by atomic mass is 19.1. The van der Waals surface area contributed by atoms with Gasteiger partial charge in [0.05, 0.1) is 6.20 Å². The molecule has 92 valence electrons. The standard InChI is InChI=1S/C12H13FN2.C2H6/c1-15-7-9-3-11(15)4-12(9)8-2-10(13)6-14-5-8;1-2/h2,4-6,9,11H,3,7H2,1H3;1-2H3. The second kappa shape index (κ2) is 4.96. The van der Waals surface area contributed by atoms with Gasteiger partial charge in [-0.3, -0.25) is 9.88 Å². The van der Waals surface area contributed by atoms with E-state index in [4.69, 9.17) is 0 Å². The zero-order valence-electron chi connectivity index (χ0n) is 10.7. The summed E-state index contributed by atoms with van der Waals surface area (Å²) in [5.74, 6) is 0.327. The average Bonchev–Trinajstić information content (AvgIpc) is 2.90. The highest BCUT2D eigenvalue weighted by molar-refractivity contribution is 5.71. The topological polar surface area (TPSA) is 16.1 Å². The summed E-state index contributed by atoms with van der Waals surface area (Å²) in [4.78, 5) is 6.25. The first kappa shape index (κ1) is 12.2. The Morgan fingerprint density at radius 2 is 2.12 bits per heavy atom. The molecule has 0 radical (unpaired) electrons. The van der Waals surface area contributed by atoms with Crippen LogP contribution in [0.1, 0.15) is 25.8 Å². The maximum Gasteiger partial charge on any atom is 0.142 e. The Morgan fingerprint density at radius 1 is 1.35 bits per heavy atom. The monoisotopic (exact) mass is 234 g/mol. The van der Waals surface area contributed by atoms with E-state index >= 15 is 0 Å². The van der Waals surface area contributed by atoms with E-state index in [2.05, 4.69) is 23.0 Å². The van der Waals surface area contributed by atoms with Crippen molar-refractivity contribution in [3.05, 3.63) is 35.9 Å².